The van der Waals surface area contributed by atoms with Gasteiger partial charge in [0.2, 0.25) is 0 Å². The molecule has 0 amide bonds. The Balaban J connectivity index is 2.08. The van der Waals surface area contributed by atoms with Crippen LogP contribution in [0.4, 0.5) is 0 Å². The second-order valence-electron chi connectivity index (χ2n) is 4.31. The summed E-state index contributed by atoms with van der Waals surface area (Å²) in [5.41, 5.74) is 3.95. The molecule has 3 nitrogen and oxygen atoms in total. The lowest BCUT2D eigenvalue weighted by Crippen LogP contribution is -2.19. The summed E-state index contributed by atoms with van der Waals surface area (Å²) in [5, 5.41) is 4.07. The highest BCUT2D eigenvalue weighted by Crippen LogP contribution is 2.25. The lowest BCUT2D eigenvalue weighted by atomic mass is 10.0. The van der Waals surface area contributed by atoms with Gasteiger partial charge < -0.3 is 9.73 Å². The van der Waals surface area contributed by atoms with E-state index in [1.165, 1.54) is 16.7 Å². The molecular formula is C14H18N2OS. The third-order valence-corrected chi connectivity index (χ3v) is 3.88. The first-order chi connectivity index (χ1) is 8.70. The molecule has 2 aromatic rings. The van der Waals surface area contributed by atoms with Crippen LogP contribution in [-0.2, 0) is 0 Å². The van der Waals surface area contributed by atoms with Crippen molar-refractivity contribution < 1.29 is 4.42 Å². The number of hydrogen-bond acceptors (Lipinski definition) is 4. The van der Waals surface area contributed by atoms with Crippen molar-refractivity contribution in [1.82, 2.24) is 10.3 Å². The lowest BCUT2D eigenvalue weighted by Gasteiger charge is -2.18. The molecule has 0 radical (unpaired) electrons. The van der Waals surface area contributed by atoms with E-state index >= 15 is 0 Å². The molecule has 0 spiro atoms. The summed E-state index contributed by atoms with van der Waals surface area (Å²) in [6.45, 7) is 4.27. The van der Waals surface area contributed by atoms with Crippen LogP contribution in [0.25, 0.3) is 0 Å². The maximum atomic E-state index is 5.24. The second-order valence-corrected chi connectivity index (χ2v) is 5.28. The van der Waals surface area contributed by atoms with Crippen molar-refractivity contribution in [3.63, 3.8) is 0 Å². The Labute approximate surface area is 112 Å². The van der Waals surface area contributed by atoms with Gasteiger partial charge in [0, 0.05) is 11.8 Å². The van der Waals surface area contributed by atoms with Crippen molar-refractivity contribution in [1.29, 1.82) is 0 Å². The third kappa shape index (κ3) is 3.15. The van der Waals surface area contributed by atoms with Gasteiger partial charge in [0.05, 0.1) is 6.20 Å². The summed E-state index contributed by atoms with van der Waals surface area (Å²) in [4.78, 5) is 4.12. The average molecular weight is 262 g/mol. The highest BCUT2D eigenvalue weighted by Gasteiger charge is 2.13. The number of benzene rings is 1. The monoisotopic (exact) mass is 262 g/mol. The van der Waals surface area contributed by atoms with E-state index in [2.05, 4.69) is 42.3 Å². The zero-order valence-corrected chi connectivity index (χ0v) is 11.8. The van der Waals surface area contributed by atoms with Crippen LogP contribution in [-0.4, -0.2) is 17.8 Å². The molecule has 0 aliphatic heterocycles. The van der Waals surface area contributed by atoms with E-state index < -0.39 is 0 Å². The van der Waals surface area contributed by atoms with Gasteiger partial charge in [-0.05, 0) is 32.0 Å². The summed E-state index contributed by atoms with van der Waals surface area (Å²) < 4.78 is 5.24. The van der Waals surface area contributed by atoms with Crippen LogP contribution in [0.15, 0.2) is 40.3 Å². The lowest BCUT2D eigenvalue weighted by molar-refractivity contribution is 0.453. The zero-order chi connectivity index (χ0) is 13.0. The number of thioether (sulfide) groups is 1. The van der Waals surface area contributed by atoms with Crippen molar-refractivity contribution in [3.05, 3.63) is 47.3 Å². The van der Waals surface area contributed by atoms with Gasteiger partial charge in [-0.2, -0.15) is 0 Å². The normalized spacial score (nSPS) is 12.6. The number of aromatic nitrogens is 1. The van der Waals surface area contributed by atoms with Gasteiger partial charge in [0.15, 0.2) is 0 Å². The molecule has 1 aromatic heterocycles. The Morgan fingerprint density at radius 3 is 2.83 bits per heavy atom. The van der Waals surface area contributed by atoms with Crippen molar-refractivity contribution in [2.45, 2.75) is 25.1 Å². The average Bonchev–Trinajstić information content (AvgIpc) is 2.85. The van der Waals surface area contributed by atoms with Crippen LogP contribution in [0, 0.1) is 13.8 Å². The summed E-state index contributed by atoms with van der Waals surface area (Å²) >= 11 is 1.63. The summed E-state index contributed by atoms with van der Waals surface area (Å²) in [6, 6.07) is 6.88. The fourth-order valence-electron chi connectivity index (χ4n) is 1.98. The molecule has 0 fully saturated rings. The van der Waals surface area contributed by atoms with Crippen LogP contribution in [0.5, 0.6) is 0 Å². The molecule has 1 atom stereocenters. The van der Waals surface area contributed by atoms with Crippen molar-refractivity contribution in [3.8, 4) is 0 Å². The van der Waals surface area contributed by atoms with E-state index in [0.717, 1.165) is 11.0 Å². The highest BCUT2D eigenvalue weighted by atomic mass is 32.2. The Bertz CT molecular complexity index is 497. The van der Waals surface area contributed by atoms with Crippen LogP contribution in [0.3, 0.4) is 0 Å². The first-order valence-electron chi connectivity index (χ1n) is 5.97. The van der Waals surface area contributed by atoms with Gasteiger partial charge in [0.25, 0.3) is 5.22 Å². The molecule has 1 unspecified atom stereocenters. The highest BCUT2D eigenvalue weighted by molar-refractivity contribution is 7.99. The first-order valence-corrected chi connectivity index (χ1v) is 6.96. The van der Waals surface area contributed by atoms with Crippen molar-refractivity contribution in [2.75, 3.05) is 12.8 Å². The Hall–Kier alpha value is -1.26. The molecule has 96 valence electrons. The first kappa shape index (κ1) is 13.2. The van der Waals surface area contributed by atoms with E-state index in [1.807, 2.05) is 7.05 Å². The Morgan fingerprint density at radius 2 is 2.22 bits per heavy atom. The quantitative estimate of drug-likeness (QED) is 0.839. The molecular weight excluding hydrogens is 244 g/mol. The van der Waals surface area contributed by atoms with Crippen LogP contribution in [0.2, 0.25) is 0 Å². The minimum absolute atomic E-state index is 0.308. The smallest absolute Gasteiger partial charge is 0.255 e. The minimum Gasteiger partial charge on any atom is -0.440 e. The summed E-state index contributed by atoms with van der Waals surface area (Å²) in [5.74, 6) is 0.904. The largest absolute Gasteiger partial charge is 0.440 e. The van der Waals surface area contributed by atoms with Gasteiger partial charge in [-0.25, -0.2) is 4.98 Å². The van der Waals surface area contributed by atoms with Gasteiger partial charge in [-0.1, -0.05) is 35.5 Å². The number of rotatable bonds is 5. The van der Waals surface area contributed by atoms with Crippen LogP contribution in [0.1, 0.15) is 22.7 Å². The fourth-order valence-corrected chi connectivity index (χ4v) is 2.90. The molecule has 1 aromatic carbocycles. The van der Waals surface area contributed by atoms with E-state index in [9.17, 15) is 0 Å². The number of aryl methyl sites for hydroxylation is 2. The molecule has 4 heteroatoms. The molecule has 1 N–H and O–H groups in total. The Kier molecular flexibility index (Phi) is 4.44. The number of nitrogens with zero attached hydrogens (tertiary/aromatic N) is 1. The predicted octanol–water partition coefficient (Wildman–Crippen LogP) is 3.34. The van der Waals surface area contributed by atoms with E-state index in [4.69, 9.17) is 4.42 Å². The standard InChI is InChI=1S/C14H18N2OS/c1-10-4-5-12(11(2)8-10)13(15-3)9-18-14-16-6-7-17-14/h4-8,13,15H,9H2,1-3H3. The zero-order valence-electron chi connectivity index (χ0n) is 10.9. The van der Waals surface area contributed by atoms with Gasteiger partial charge >= 0.3 is 0 Å². The van der Waals surface area contributed by atoms with Gasteiger partial charge in [0.1, 0.15) is 6.26 Å². The maximum Gasteiger partial charge on any atom is 0.255 e. The minimum atomic E-state index is 0.308. The number of nitrogens with one attached hydrogen (secondary N) is 1. The molecule has 18 heavy (non-hydrogen) atoms. The topological polar surface area (TPSA) is 38.1 Å². The summed E-state index contributed by atoms with van der Waals surface area (Å²) in [6.07, 6.45) is 3.28. The van der Waals surface area contributed by atoms with Crippen molar-refractivity contribution >= 4 is 11.8 Å². The molecule has 0 bridgehead atoms. The molecule has 0 aliphatic rings. The summed E-state index contributed by atoms with van der Waals surface area (Å²) in [7, 11) is 1.99. The van der Waals surface area contributed by atoms with E-state index in [1.54, 1.807) is 24.2 Å². The Morgan fingerprint density at radius 1 is 1.39 bits per heavy atom. The maximum absolute atomic E-state index is 5.24. The molecule has 0 aliphatic carbocycles. The molecule has 0 saturated heterocycles. The fraction of sp³-hybridized carbons (Fsp3) is 0.357. The predicted molar refractivity (Wildman–Crippen MR) is 74.9 cm³/mol. The number of hydrogen-bond donors (Lipinski definition) is 1. The van der Waals surface area contributed by atoms with Crippen LogP contribution >= 0.6 is 11.8 Å². The molecule has 1 heterocycles. The third-order valence-electron chi connectivity index (χ3n) is 2.93. The van der Waals surface area contributed by atoms with Gasteiger partial charge in [-0.3, -0.25) is 0 Å². The van der Waals surface area contributed by atoms with E-state index in [-0.39, 0.29) is 0 Å². The van der Waals surface area contributed by atoms with Crippen molar-refractivity contribution in [2.24, 2.45) is 0 Å². The molecule has 0 saturated carbocycles. The van der Waals surface area contributed by atoms with Gasteiger partial charge in [-0.15, -0.1) is 0 Å². The molecule has 2 rings (SSSR count). The van der Waals surface area contributed by atoms with Crippen LogP contribution < -0.4 is 5.32 Å². The number of oxazole rings is 1. The SMILES string of the molecule is CNC(CSc1ncco1)c1ccc(C)cc1C. The second kappa shape index (κ2) is 6.07. The van der Waals surface area contributed by atoms with E-state index in [0.29, 0.717) is 6.04 Å².